The predicted octanol–water partition coefficient (Wildman–Crippen LogP) is 5.66. The summed E-state index contributed by atoms with van der Waals surface area (Å²) in [6.07, 6.45) is 1.49. The molecule has 158 valence electrons. The van der Waals surface area contributed by atoms with Crippen LogP contribution in [-0.2, 0) is 16.0 Å². The fourth-order valence-electron chi connectivity index (χ4n) is 2.98. The Balaban J connectivity index is 1.83. The molecule has 0 spiro atoms. The summed E-state index contributed by atoms with van der Waals surface area (Å²) in [5, 5.41) is 7.06. The number of carbonyl (C=O) groups is 2. The monoisotopic (exact) mass is 491 g/mol. The second kappa shape index (κ2) is 9.10. The van der Waals surface area contributed by atoms with Gasteiger partial charge in [-0.05, 0) is 66.5 Å². The van der Waals surface area contributed by atoms with Crippen LogP contribution in [0.5, 0.6) is 0 Å². The van der Waals surface area contributed by atoms with Crippen LogP contribution >= 0.6 is 27.5 Å². The first-order chi connectivity index (χ1) is 14.1. The molecule has 3 N–H and O–H groups in total. The molecule has 1 heterocycles. The summed E-state index contributed by atoms with van der Waals surface area (Å²) < 4.78 is 6.01. The number of alkyl carbamates (subject to hydrolysis) is 1. The number of rotatable bonds is 5. The molecule has 1 aromatic heterocycles. The van der Waals surface area contributed by atoms with Gasteiger partial charge >= 0.3 is 6.09 Å². The zero-order valence-electron chi connectivity index (χ0n) is 16.9. The third kappa shape index (κ3) is 5.77. The van der Waals surface area contributed by atoms with Crippen molar-refractivity contribution in [2.45, 2.75) is 38.8 Å². The van der Waals surface area contributed by atoms with E-state index >= 15 is 0 Å². The van der Waals surface area contributed by atoms with Crippen LogP contribution in [0.1, 0.15) is 26.3 Å². The summed E-state index contributed by atoms with van der Waals surface area (Å²) in [6, 6.07) is 12.0. The van der Waals surface area contributed by atoms with E-state index in [1.807, 2.05) is 30.5 Å². The van der Waals surface area contributed by atoms with Crippen LogP contribution in [-0.4, -0.2) is 28.6 Å². The average Bonchev–Trinajstić information content (AvgIpc) is 3.06. The fraction of sp³-hybridized carbons (Fsp3) is 0.273. The highest BCUT2D eigenvalue weighted by molar-refractivity contribution is 9.10. The van der Waals surface area contributed by atoms with Gasteiger partial charge < -0.3 is 20.4 Å². The van der Waals surface area contributed by atoms with E-state index in [-0.39, 0.29) is 5.91 Å². The molecular formula is C22H23BrClN3O3. The Morgan fingerprint density at radius 3 is 2.63 bits per heavy atom. The van der Waals surface area contributed by atoms with E-state index in [9.17, 15) is 9.59 Å². The molecule has 0 bridgehead atoms. The first-order valence-corrected chi connectivity index (χ1v) is 10.6. The van der Waals surface area contributed by atoms with Gasteiger partial charge in [-0.25, -0.2) is 4.79 Å². The molecule has 0 saturated carbocycles. The fourth-order valence-corrected chi connectivity index (χ4v) is 3.48. The minimum absolute atomic E-state index is 0.295. The number of anilines is 1. The zero-order valence-corrected chi connectivity index (χ0v) is 19.2. The maximum absolute atomic E-state index is 13.0. The van der Waals surface area contributed by atoms with Crippen LogP contribution in [0.25, 0.3) is 10.9 Å². The number of aromatic amines is 1. The highest BCUT2D eigenvalue weighted by Gasteiger charge is 2.26. The number of carbonyl (C=O) groups excluding carboxylic acids is 2. The lowest BCUT2D eigenvalue weighted by atomic mass is 10.0. The molecular weight excluding hydrogens is 470 g/mol. The Morgan fingerprint density at radius 1 is 1.20 bits per heavy atom. The summed E-state index contributed by atoms with van der Waals surface area (Å²) in [5.41, 5.74) is 1.77. The van der Waals surface area contributed by atoms with Gasteiger partial charge in [-0.3, -0.25) is 4.79 Å². The van der Waals surface area contributed by atoms with E-state index in [1.54, 1.807) is 39.0 Å². The summed E-state index contributed by atoms with van der Waals surface area (Å²) >= 11 is 9.37. The third-order valence-electron chi connectivity index (χ3n) is 4.29. The molecule has 30 heavy (non-hydrogen) atoms. The molecule has 0 radical (unpaired) electrons. The van der Waals surface area contributed by atoms with Crippen molar-refractivity contribution in [2.75, 3.05) is 5.32 Å². The molecule has 8 heteroatoms. The number of para-hydroxylation sites is 1. The number of amides is 2. The smallest absolute Gasteiger partial charge is 0.408 e. The first-order valence-electron chi connectivity index (χ1n) is 9.43. The lowest BCUT2D eigenvalue weighted by Gasteiger charge is -2.23. The molecule has 3 aromatic rings. The van der Waals surface area contributed by atoms with Crippen LogP contribution in [0.15, 0.2) is 53.1 Å². The topological polar surface area (TPSA) is 83.2 Å². The van der Waals surface area contributed by atoms with Gasteiger partial charge in [0.25, 0.3) is 0 Å². The number of hydrogen-bond donors (Lipinski definition) is 3. The predicted molar refractivity (Wildman–Crippen MR) is 123 cm³/mol. The lowest BCUT2D eigenvalue weighted by molar-refractivity contribution is -0.118. The van der Waals surface area contributed by atoms with Crippen LogP contribution < -0.4 is 10.6 Å². The summed E-state index contributed by atoms with van der Waals surface area (Å²) in [6.45, 7) is 5.31. The highest BCUT2D eigenvalue weighted by Crippen LogP contribution is 2.26. The van der Waals surface area contributed by atoms with E-state index in [1.165, 1.54) is 0 Å². The number of benzene rings is 2. The zero-order chi connectivity index (χ0) is 21.9. The number of H-pyrrole nitrogens is 1. The van der Waals surface area contributed by atoms with Gasteiger partial charge in [0, 0.05) is 33.7 Å². The van der Waals surface area contributed by atoms with Crippen molar-refractivity contribution in [3.63, 3.8) is 0 Å². The molecule has 2 aromatic carbocycles. The maximum Gasteiger partial charge on any atom is 0.408 e. The van der Waals surface area contributed by atoms with Crippen molar-refractivity contribution in [3.05, 3.63) is 63.7 Å². The quantitative estimate of drug-likeness (QED) is 0.430. The standard InChI is InChI=1S/C22H23BrClN3O3/c1-22(2,3)30-21(29)27-19(10-13-12-25-18-7-5-4-6-15(13)18)20(28)26-14-8-9-17(24)16(23)11-14/h4-9,11-12,19,25H,10H2,1-3H3,(H,26,28)(H,27,29)/t19-/m0/s1. The average molecular weight is 493 g/mol. The van der Waals surface area contributed by atoms with E-state index in [4.69, 9.17) is 16.3 Å². The number of ether oxygens (including phenoxy) is 1. The molecule has 1 atom stereocenters. The van der Waals surface area contributed by atoms with Gasteiger partial charge in [-0.15, -0.1) is 0 Å². The number of halogens is 2. The van der Waals surface area contributed by atoms with Crippen molar-refractivity contribution in [2.24, 2.45) is 0 Å². The maximum atomic E-state index is 13.0. The minimum atomic E-state index is -0.839. The molecule has 2 amide bonds. The Hall–Kier alpha value is -2.51. The van der Waals surface area contributed by atoms with Gasteiger partial charge in [0.15, 0.2) is 0 Å². The molecule has 0 aliphatic heterocycles. The Labute approximate surface area is 188 Å². The summed E-state index contributed by atoms with van der Waals surface area (Å²) in [7, 11) is 0. The molecule has 0 aliphatic rings. The van der Waals surface area contributed by atoms with Crippen LogP contribution in [0, 0.1) is 0 Å². The molecule has 0 fully saturated rings. The first kappa shape index (κ1) is 22.2. The van der Waals surface area contributed by atoms with Gasteiger partial charge in [0.2, 0.25) is 5.91 Å². The third-order valence-corrected chi connectivity index (χ3v) is 5.51. The second-order valence-electron chi connectivity index (χ2n) is 7.88. The summed E-state index contributed by atoms with van der Waals surface area (Å²) in [4.78, 5) is 28.6. The normalized spacial score (nSPS) is 12.4. The van der Waals surface area contributed by atoms with Crippen LogP contribution in [0.2, 0.25) is 5.02 Å². The molecule has 0 unspecified atom stereocenters. The van der Waals surface area contributed by atoms with Gasteiger partial charge in [-0.1, -0.05) is 29.8 Å². The van der Waals surface area contributed by atoms with E-state index < -0.39 is 17.7 Å². The van der Waals surface area contributed by atoms with Crippen molar-refractivity contribution in [3.8, 4) is 0 Å². The van der Waals surface area contributed by atoms with Crippen molar-refractivity contribution >= 4 is 56.1 Å². The minimum Gasteiger partial charge on any atom is -0.444 e. The Kier molecular flexibility index (Phi) is 6.73. The number of nitrogens with one attached hydrogen (secondary N) is 3. The molecule has 0 saturated heterocycles. The largest absolute Gasteiger partial charge is 0.444 e. The van der Waals surface area contributed by atoms with Crippen LogP contribution in [0.3, 0.4) is 0 Å². The van der Waals surface area contributed by atoms with E-state index in [0.717, 1.165) is 16.5 Å². The Bertz CT molecular complexity index is 1070. The van der Waals surface area contributed by atoms with Gasteiger partial charge in [0.05, 0.1) is 5.02 Å². The van der Waals surface area contributed by atoms with Crippen molar-refractivity contribution in [1.82, 2.24) is 10.3 Å². The lowest BCUT2D eigenvalue weighted by Crippen LogP contribution is -2.47. The van der Waals surface area contributed by atoms with Crippen LogP contribution in [0.4, 0.5) is 10.5 Å². The Morgan fingerprint density at radius 2 is 1.93 bits per heavy atom. The molecule has 0 aliphatic carbocycles. The second-order valence-corrected chi connectivity index (χ2v) is 9.14. The van der Waals surface area contributed by atoms with E-state index in [2.05, 4.69) is 31.5 Å². The summed E-state index contributed by atoms with van der Waals surface area (Å²) in [5.74, 6) is -0.361. The van der Waals surface area contributed by atoms with Gasteiger partial charge in [-0.2, -0.15) is 0 Å². The number of fused-ring (bicyclic) bond motifs is 1. The highest BCUT2D eigenvalue weighted by atomic mass is 79.9. The van der Waals surface area contributed by atoms with Crippen molar-refractivity contribution in [1.29, 1.82) is 0 Å². The van der Waals surface area contributed by atoms with E-state index in [0.29, 0.717) is 21.6 Å². The number of aromatic nitrogens is 1. The molecule has 6 nitrogen and oxygen atoms in total. The van der Waals surface area contributed by atoms with Gasteiger partial charge in [0.1, 0.15) is 11.6 Å². The van der Waals surface area contributed by atoms with Crippen molar-refractivity contribution < 1.29 is 14.3 Å². The number of hydrogen-bond acceptors (Lipinski definition) is 3. The molecule has 3 rings (SSSR count). The SMILES string of the molecule is CC(C)(C)OC(=O)N[C@@H](Cc1c[nH]c2ccccc12)C(=O)Nc1ccc(Cl)c(Br)c1.